The molecule has 0 bridgehead atoms. The highest BCUT2D eigenvalue weighted by atomic mass is 32.2. The van der Waals surface area contributed by atoms with E-state index in [1.165, 1.54) is 23.6 Å². The molecule has 1 aromatic carbocycles. The largest absolute Gasteiger partial charge is 0.383 e. The second-order valence-corrected chi connectivity index (χ2v) is 9.45. The molecular formula is C20H27N7O4S. The quantitative estimate of drug-likeness (QED) is 0.484. The van der Waals surface area contributed by atoms with Gasteiger partial charge in [-0.2, -0.15) is 4.98 Å². The van der Waals surface area contributed by atoms with Crippen LogP contribution in [0.25, 0.3) is 11.2 Å². The molecule has 0 saturated heterocycles. The molecular weight excluding hydrogens is 434 g/mol. The summed E-state index contributed by atoms with van der Waals surface area (Å²) in [5.41, 5.74) is 6.37. The molecule has 3 N–H and O–H groups in total. The van der Waals surface area contributed by atoms with Gasteiger partial charge in [-0.3, -0.25) is 4.57 Å². The number of nitrogen functional groups attached to an aromatic ring is 1. The number of rotatable bonds is 8. The highest BCUT2D eigenvalue weighted by Gasteiger charge is 2.27. The first kappa shape index (κ1) is 23.4. The first-order chi connectivity index (χ1) is 15.2. The van der Waals surface area contributed by atoms with Gasteiger partial charge in [-0.1, -0.05) is 37.3 Å². The summed E-state index contributed by atoms with van der Waals surface area (Å²) in [7, 11) is -0.254. The van der Waals surface area contributed by atoms with Gasteiger partial charge >= 0.3 is 11.7 Å². The smallest absolute Gasteiger partial charge is 0.339 e. The number of carbonyl (C=O) groups is 1. The fourth-order valence-electron chi connectivity index (χ4n) is 3.26. The molecule has 2 heterocycles. The van der Waals surface area contributed by atoms with Crippen LogP contribution in [0.5, 0.6) is 0 Å². The Kier molecular flexibility index (Phi) is 6.94. The summed E-state index contributed by atoms with van der Waals surface area (Å²) < 4.78 is 28.2. The molecule has 0 fully saturated rings. The van der Waals surface area contributed by atoms with Crippen molar-refractivity contribution in [1.82, 2.24) is 24.0 Å². The van der Waals surface area contributed by atoms with E-state index in [1.54, 1.807) is 6.92 Å². The zero-order valence-electron chi connectivity index (χ0n) is 18.3. The minimum atomic E-state index is -3.30. The Hall–Kier alpha value is -3.25. The molecule has 12 heteroatoms. The average Bonchev–Trinajstić information content (AvgIpc) is 3.04. The lowest BCUT2D eigenvalue weighted by molar-refractivity contribution is 0.160. The van der Waals surface area contributed by atoms with Crippen LogP contribution in [0.15, 0.2) is 40.3 Å². The van der Waals surface area contributed by atoms with Crippen LogP contribution in [0, 0.1) is 4.78 Å². The summed E-state index contributed by atoms with van der Waals surface area (Å²) in [6.07, 6.45) is 0.490. The number of methoxy groups -OCH3 is 1. The summed E-state index contributed by atoms with van der Waals surface area (Å²) in [5, 5.41) is -0.247. The molecule has 0 aliphatic rings. The van der Waals surface area contributed by atoms with Crippen LogP contribution < -0.4 is 11.4 Å². The predicted molar refractivity (Wildman–Crippen MR) is 121 cm³/mol. The molecule has 1 unspecified atom stereocenters. The Morgan fingerprint density at radius 2 is 1.97 bits per heavy atom. The molecule has 11 nitrogen and oxygen atoms in total. The van der Waals surface area contributed by atoms with Gasteiger partial charge in [-0.15, -0.1) is 0 Å². The van der Waals surface area contributed by atoms with E-state index in [4.69, 9.17) is 15.3 Å². The molecule has 3 aromatic rings. The number of nitrogens with two attached hydrogens (primary N) is 1. The summed E-state index contributed by atoms with van der Waals surface area (Å²) in [4.78, 5) is 36.1. The molecule has 0 aliphatic heterocycles. The molecule has 0 radical (unpaired) electrons. The minimum Gasteiger partial charge on any atom is -0.383 e. The number of amides is 1. The number of hydrogen-bond acceptors (Lipinski definition) is 8. The highest BCUT2D eigenvalue weighted by molar-refractivity contribution is 7.92. The third-order valence-electron chi connectivity index (χ3n) is 4.89. The lowest BCUT2D eigenvalue weighted by Crippen LogP contribution is -2.39. The number of aromatic nitrogens is 4. The Morgan fingerprint density at radius 3 is 2.59 bits per heavy atom. The third kappa shape index (κ3) is 4.50. The first-order valence-corrected chi connectivity index (χ1v) is 11.8. The summed E-state index contributed by atoms with van der Waals surface area (Å²) in [6.45, 7) is 2.45. The molecule has 2 aromatic heterocycles. The molecule has 32 heavy (non-hydrogen) atoms. The molecule has 0 saturated carbocycles. The number of imidazole rings is 1. The molecule has 3 rings (SSSR count). The van der Waals surface area contributed by atoms with Crippen molar-refractivity contribution in [2.75, 3.05) is 38.8 Å². The van der Waals surface area contributed by atoms with Crippen molar-refractivity contribution in [3.63, 3.8) is 0 Å². The number of nitrogens with zero attached hydrogens (tertiary/aromatic N) is 5. The van der Waals surface area contributed by atoms with Crippen LogP contribution >= 0.6 is 0 Å². The van der Waals surface area contributed by atoms with Crippen LogP contribution in [-0.4, -0.2) is 67.3 Å². The number of anilines is 1. The van der Waals surface area contributed by atoms with E-state index in [1.807, 2.05) is 30.3 Å². The van der Waals surface area contributed by atoms with Gasteiger partial charge in [0.15, 0.2) is 11.5 Å². The van der Waals surface area contributed by atoms with E-state index in [-0.39, 0.29) is 47.6 Å². The molecule has 172 valence electrons. The summed E-state index contributed by atoms with van der Waals surface area (Å²) >= 11 is 0. The van der Waals surface area contributed by atoms with Crippen LogP contribution in [-0.2, 0) is 21.0 Å². The van der Waals surface area contributed by atoms with Gasteiger partial charge in [0.25, 0.3) is 0 Å². The minimum absolute atomic E-state index is 0.0237. The lowest BCUT2D eigenvalue weighted by atomic mass is 10.2. The van der Waals surface area contributed by atoms with E-state index < -0.39 is 21.4 Å². The van der Waals surface area contributed by atoms with E-state index >= 15 is 0 Å². The monoisotopic (exact) mass is 461 g/mol. The van der Waals surface area contributed by atoms with E-state index in [2.05, 4.69) is 9.97 Å². The SMILES string of the molecule is CCCS(=N)(=O)c1nc(N)c2c(n1)n(Cc1ccccc1)c(=O)n2C(=O)N(C)CCOC. The van der Waals surface area contributed by atoms with Gasteiger partial charge in [-0.05, 0) is 12.0 Å². The second-order valence-electron chi connectivity index (χ2n) is 7.33. The summed E-state index contributed by atoms with van der Waals surface area (Å²) in [6, 6.07) is 8.55. The number of likely N-dealkylation sites (N-methyl/N-ethyl adjacent to an activating group) is 1. The first-order valence-electron chi connectivity index (χ1n) is 10.0. The van der Waals surface area contributed by atoms with Crippen molar-refractivity contribution < 1.29 is 13.7 Å². The van der Waals surface area contributed by atoms with Crippen LogP contribution in [0.1, 0.15) is 18.9 Å². The standard InChI is InChI=1S/C20H27N7O4S/c1-4-12-32(22,30)18-23-16(21)15-17(24-18)26(13-14-8-6-5-7-9-14)20(29)27(15)19(28)25(2)10-11-31-3/h5-9,22H,4,10-13H2,1-3H3,(H2,21,23,24). The van der Waals surface area contributed by atoms with Gasteiger partial charge in [0.1, 0.15) is 15.2 Å². The Labute approximate surface area is 185 Å². The van der Waals surface area contributed by atoms with Crippen molar-refractivity contribution >= 4 is 32.7 Å². The summed E-state index contributed by atoms with van der Waals surface area (Å²) in [5.74, 6) is -0.126. The van der Waals surface area contributed by atoms with Gasteiger partial charge in [0.2, 0.25) is 5.16 Å². The number of nitrogens with one attached hydrogen (secondary N) is 1. The Morgan fingerprint density at radius 1 is 1.28 bits per heavy atom. The zero-order chi connectivity index (χ0) is 23.5. The molecule has 0 spiro atoms. The predicted octanol–water partition coefficient (Wildman–Crippen LogP) is 1.59. The maximum Gasteiger partial charge on any atom is 0.339 e. The van der Waals surface area contributed by atoms with Gasteiger partial charge in [-0.25, -0.2) is 28.1 Å². The molecule has 1 atom stereocenters. The maximum atomic E-state index is 13.4. The number of hydrogen-bond donors (Lipinski definition) is 2. The number of fused-ring (bicyclic) bond motifs is 1. The van der Waals surface area contributed by atoms with E-state index in [0.717, 1.165) is 10.1 Å². The Balaban J connectivity index is 2.27. The molecule has 0 aliphatic carbocycles. The third-order valence-corrected chi connectivity index (χ3v) is 6.65. The number of carbonyl (C=O) groups excluding carboxylic acids is 1. The average molecular weight is 462 g/mol. The fourth-order valence-corrected chi connectivity index (χ4v) is 4.49. The highest BCUT2D eigenvalue weighted by Crippen LogP contribution is 2.21. The zero-order valence-corrected chi connectivity index (χ0v) is 19.1. The second kappa shape index (κ2) is 9.49. The number of benzene rings is 1. The lowest BCUT2D eigenvalue weighted by Gasteiger charge is -2.16. The van der Waals surface area contributed by atoms with Crippen molar-refractivity contribution in [1.29, 1.82) is 4.78 Å². The van der Waals surface area contributed by atoms with Gasteiger partial charge in [0.05, 0.1) is 13.2 Å². The molecule has 1 amide bonds. The Bertz CT molecular complexity index is 1280. The number of ether oxygens (including phenoxy) is 1. The van der Waals surface area contributed by atoms with Crippen LogP contribution in [0.4, 0.5) is 10.6 Å². The van der Waals surface area contributed by atoms with Crippen molar-refractivity contribution in [3.8, 4) is 0 Å². The van der Waals surface area contributed by atoms with Crippen LogP contribution in [0.3, 0.4) is 0 Å². The van der Waals surface area contributed by atoms with Crippen molar-refractivity contribution in [3.05, 3.63) is 46.4 Å². The van der Waals surface area contributed by atoms with E-state index in [0.29, 0.717) is 6.42 Å². The topological polar surface area (TPSA) is 149 Å². The van der Waals surface area contributed by atoms with Gasteiger partial charge in [0, 0.05) is 26.5 Å². The van der Waals surface area contributed by atoms with Crippen LogP contribution in [0.2, 0.25) is 0 Å². The maximum absolute atomic E-state index is 13.4. The van der Waals surface area contributed by atoms with Gasteiger partial charge < -0.3 is 15.4 Å². The normalized spacial score (nSPS) is 13.2. The van der Waals surface area contributed by atoms with E-state index in [9.17, 15) is 13.8 Å². The van der Waals surface area contributed by atoms with Crippen molar-refractivity contribution in [2.24, 2.45) is 0 Å². The van der Waals surface area contributed by atoms with Crippen molar-refractivity contribution in [2.45, 2.75) is 25.0 Å². The fraction of sp³-hybridized carbons (Fsp3) is 0.400.